The average Bonchev–Trinajstić information content (AvgIpc) is 3.00. The van der Waals surface area contributed by atoms with E-state index in [1.54, 1.807) is 0 Å². The third kappa shape index (κ3) is 4.32. The number of fused-ring (bicyclic) bond motifs is 1. The Morgan fingerprint density at radius 2 is 1.79 bits per heavy atom. The topological polar surface area (TPSA) is 79.1 Å². The molecule has 0 radical (unpaired) electrons. The quantitative estimate of drug-likeness (QED) is 0.281. The number of thiocarbonyl (C=S) groups is 1. The van der Waals surface area contributed by atoms with Crippen LogP contribution in [0.5, 0.6) is 5.88 Å². The van der Waals surface area contributed by atoms with E-state index in [1.807, 2.05) is 0 Å². The summed E-state index contributed by atoms with van der Waals surface area (Å²) in [6, 6.07) is 6.57. The number of ether oxygens (including phenoxy) is 1. The molecule has 0 aliphatic carbocycles. The molecule has 4 rings (SSSR count). The van der Waals surface area contributed by atoms with Crippen molar-refractivity contribution in [2.24, 2.45) is 5.41 Å². The van der Waals surface area contributed by atoms with Crippen molar-refractivity contribution in [3.63, 3.8) is 0 Å². The molecule has 2 heterocycles. The molecule has 1 aliphatic heterocycles. The Morgan fingerprint density at radius 3 is 2.34 bits per heavy atom. The number of halogens is 6. The zero-order valence-electron chi connectivity index (χ0n) is 20.2. The number of carbonyl (C=O) groups excluding carboxylic acids is 1. The highest BCUT2D eigenvalue weighted by molar-refractivity contribution is 7.80. The van der Waals surface area contributed by atoms with Gasteiger partial charge in [0.2, 0.25) is 17.6 Å². The van der Waals surface area contributed by atoms with Crippen molar-refractivity contribution in [1.82, 2.24) is 9.97 Å². The molecule has 1 saturated heterocycles. The first-order valence-corrected chi connectivity index (χ1v) is 11.4. The molecule has 0 bridgehead atoms. The van der Waals surface area contributed by atoms with Crippen LogP contribution < -0.4 is 9.64 Å². The molecule has 0 spiro atoms. The van der Waals surface area contributed by atoms with Gasteiger partial charge in [-0.3, -0.25) is 9.69 Å². The van der Waals surface area contributed by atoms with Gasteiger partial charge in [-0.2, -0.15) is 32.2 Å². The third-order valence-corrected chi connectivity index (χ3v) is 6.71. The van der Waals surface area contributed by atoms with Gasteiger partial charge in [0.05, 0.1) is 45.8 Å². The summed E-state index contributed by atoms with van der Waals surface area (Å²) in [6.07, 6.45) is -4.87. The van der Waals surface area contributed by atoms with Gasteiger partial charge in [0, 0.05) is 12.8 Å². The van der Waals surface area contributed by atoms with Crippen LogP contribution in [0.25, 0.3) is 10.9 Å². The fourth-order valence-corrected chi connectivity index (χ4v) is 5.08. The van der Waals surface area contributed by atoms with E-state index in [1.165, 1.54) is 32.0 Å². The van der Waals surface area contributed by atoms with E-state index >= 15 is 4.39 Å². The SMILES string of the molecule is COc1nc(C(C)(F)F)nc2c(F)cc(C3C(=S)N(c4ccc(C#N)c(C(F)(F)F)c4)C(=O)C3(C)C)cc12. The predicted molar refractivity (Wildman–Crippen MR) is 128 cm³/mol. The largest absolute Gasteiger partial charge is 0.480 e. The summed E-state index contributed by atoms with van der Waals surface area (Å²) in [6.45, 7) is 3.54. The maximum absolute atomic E-state index is 15.3. The summed E-state index contributed by atoms with van der Waals surface area (Å²) in [5.74, 6) is -7.44. The summed E-state index contributed by atoms with van der Waals surface area (Å²) >= 11 is 5.52. The Bertz CT molecular complexity index is 1540. The molecule has 13 heteroatoms. The van der Waals surface area contributed by atoms with Crippen molar-refractivity contribution in [2.45, 2.75) is 38.8 Å². The van der Waals surface area contributed by atoms with Crippen LogP contribution in [-0.2, 0) is 16.9 Å². The molecule has 2 aromatic carbocycles. The lowest BCUT2D eigenvalue weighted by Crippen LogP contribution is -2.32. The Kier molecular flexibility index (Phi) is 6.38. The number of methoxy groups -OCH3 is 1. The van der Waals surface area contributed by atoms with Gasteiger partial charge in [-0.15, -0.1) is 0 Å². The van der Waals surface area contributed by atoms with Crippen molar-refractivity contribution < 1.29 is 35.9 Å². The van der Waals surface area contributed by atoms with Crippen LogP contribution in [0.1, 0.15) is 49.2 Å². The second kappa shape index (κ2) is 8.90. The Hall–Kier alpha value is -3.79. The van der Waals surface area contributed by atoms with Gasteiger partial charge in [-0.25, -0.2) is 9.37 Å². The molecule has 1 fully saturated rings. The normalized spacial score (nSPS) is 17.7. The van der Waals surface area contributed by atoms with Crippen LogP contribution in [0.2, 0.25) is 0 Å². The molecule has 1 unspecified atom stereocenters. The molecule has 6 nitrogen and oxygen atoms in total. The highest BCUT2D eigenvalue weighted by atomic mass is 32.1. The molecular weight excluding hydrogens is 534 g/mol. The fraction of sp³-hybridized carbons (Fsp3) is 0.320. The number of hydrogen-bond donors (Lipinski definition) is 0. The molecule has 0 N–H and O–H groups in total. The van der Waals surface area contributed by atoms with Crippen molar-refractivity contribution in [2.75, 3.05) is 12.0 Å². The van der Waals surface area contributed by atoms with Gasteiger partial charge in [-0.1, -0.05) is 12.2 Å². The smallest absolute Gasteiger partial charge is 0.417 e. The third-order valence-electron chi connectivity index (χ3n) is 6.29. The number of amides is 1. The summed E-state index contributed by atoms with van der Waals surface area (Å²) in [5.41, 5.74) is -3.73. The standard InChI is InChI=1S/C25H18F6N4O2S/c1-23(2)17(12-7-14-18(16(26)8-12)33-21(24(3,27)28)34-19(14)37-4)20(38)35(22(23)36)13-6-5-11(10-32)15(9-13)25(29,30)31/h5-9,17H,1-4H3. The molecule has 0 saturated carbocycles. The number of nitrogens with zero attached hydrogens (tertiary/aromatic N) is 4. The Balaban J connectivity index is 1.88. The van der Waals surface area contributed by atoms with Crippen LogP contribution in [-0.4, -0.2) is 28.0 Å². The second-order valence-corrected chi connectivity index (χ2v) is 9.73. The van der Waals surface area contributed by atoms with Crippen molar-refractivity contribution in [3.05, 3.63) is 58.7 Å². The zero-order chi connectivity index (χ0) is 28.4. The van der Waals surface area contributed by atoms with Gasteiger partial charge < -0.3 is 4.74 Å². The first-order chi connectivity index (χ1) is 17.5. The number of hydrogen-bond acceptors (Lipinski definition) is 6. The number of benzene rings is 2. The number of anilines is 1. The number of rotatable bonds is 4. The molecule has 1 aliphatic rings. The Morgan fingerprint density at radius 1 is 1.13 bits per heavy atom. The highest BCUT2D eigenvalue weighted by Crippen LogP contribution is 2.48. The number of aromatic nitrogens is 2. The minimum atomic E-state index is -4.87. The summed E-state index contributed by atoms with van der Waals surface area (Å²) in [4.78, 5) is 21.6. The lowest BCUT2D eigenvalue weighted by molar-refractivity contribution is -0.137. The maximum Gasteiger partial charge on any atom is 0.417 e. The summed E-state index contributed by atoms with van der Waals surface area (Å²) in [7, 11) is 1.16. The molecule has 1 atom stereocenters. The van der Waals surface area contributed by atoms with Crippen LogP contribution in [0.15, 0.2) is 30.3 Å². The van der Waals surface area contributed by atoms with Crippen molar-refractivity contribution in [3.8, 4) is 11.9 Å². The minimum absolute atomic E-state index is 0.0577. The highest BCUT2D eigenvalue weighted by Gasteiger charge is 2.53. The van der Waals surface area contributed by atoms with E-state index < -0.39 is 57.6 Å². The number of alkyl halides is 5. The van der Waals surface area contributed by atoms with Crippen LogP contribution in [0, 0.1) is 22.6 Å². The van der Waals surface area contributed by atoms with E-state index in [0.717, 1.165) is 24.1 Å². The van der Waals surface area contributed by atoms with E-state index in [2.05, 4.69) is 9.97 Å². The summed E-state index contributed by atoms with van der Waals surface area (Å²) < 4.78 is 88.7. The van der Waals surface area contributed by atoms with E-state index in [4.69, 9.17) is 22.2 Å². The number of carbonyl (C=O) groups is 1. The van der Waals surface area contributed by atoms with Gasteiger partial charge in [0.15, 0.2) is 0 Å². The Labute approximate surface area is 217 Å². The van der Waals surface area contributed by atoms with Crippen LogP contribution >= 0.6 is 12.2 Å². The average molecular weight is 553 g/mol. The summed E-state index contributed by atoms with van der Waals surface area (Å²) in [5, 5.41) is 9.02. The van der Waals surface area contributed by atoms with E-state index in [-0.39, 0.29) is 27.5 Å². The lowest BCUT2D eigenvalue weighted by atomic mass is 9.77. The zero-order valence-corrected chi connectivity index (χ0v) is 21.1. The molecule has 38 heavy (non-hydrogen) atoms. The van der Waals surface area contributed by atoms with Crippen molar-refractivity contribution in [1.29, 1.82) is 5.26 Å². The second-order valence-electron chi connectivity index (χ2n) is 9.32. The predicted octanol–water partition coefficient (Wildman–Crippen LogP) is 6.26. The van der Waals surface area contributed by atoms with E-state index in [9.17, 15) is 26.7 Å². The molecule has 3 aromatic rings. The number of nitriles is 1. The van der Waals surface area contributed by atoms with Crippen LogP contribution in [0.3, 0.4) is 0 Å². The monoisotopic (exact) mass is 552 g/mol. The van der Waals surface area contributed by atoms with Crippen molar-refractivity contribution >= 4 is 39.7 Å². The van der Waals surface area contributed by atoms with Crippen LogP contribution in [0.4, 0.5) is 32.0 Å². The fourth-order valence-electron chi connectivity index (χ4n) is 4.46. The lowest BCUT2D eigenvalue weighted by Gasteiger charge is -2.24. The first-order valence-electron chi connectivity index (χ1n) is 11.0. The molecule has 198 valence electrons. The minimum Gasteiger partial charge on any atom is -0.480 e. The van der Waals surface area contributed by atoms with E-state index in [0.29, 0.717) is 13.0 Å². The van der Waals surface area contributed by atoms with Gasteiger partial charge in [-0.05, 0) is 49.7 Å². The maximum atomic E-state index is 15.3. The van der Waals surface area contributed by atoms with Gasteiger partial charge >= 0.3 is 12.1 Å². The molecule has 1 aromatic heterocycles. The van der Waals surface area contributed by atoms with Gasteiger partial charge in [0.25, 0.3) is 0 Å². The molecular formula is C25H18F6N4O2S. The first kappa shape index (κ1) is 27.3. The van der Waals surface area contributed by atoms with Gasteiger partial charge in [0.1, 0.15) is 11.3 Å². The molecule has 1 amide bonds.